The van der Waals surface area contributed by atoms with Crippen molar-refractivity contribution in [3.63, 3.8) is 0 Å². The smallest absolute Gasteiger partial charge is 0.229 e. The van der Waals surface area contributed by atoms with Crippen LogP contribution in [0.3, 0.4) is 0 Å². The molecule has 0 spiro atoms. The summed E-state index contributed by atoms with van der Waals surface area (Å²) >= 11 is 0. The predicted molar refractivity (Wildman–Crippen MR) is 72.5 cm³/mol. The molecule has 0 aromatic heterocycles. The third kappa shape index (κ3) is 3.06. The van der Waals surface area contributed by atoms with Gasteiger partial charge in [0.25, 0.3) is 0 Å². The highest BCUT2D eigenvalue weighted by molar-refractivity contribution is 5.99. The summed E-state index contributed by atoms with van der Waals surface area (Å²) in [5.41, 5.74) is -0.0977. The first-order chi connectivity index (χ1) is 10.4. The minimum atomic E-state index is -1.60. The zero-order valence-electron chi connectivity index (χ0n) is 11.8. The number of hydrogen-bond acceptors (Lipinski definition) is 8. The summed E-state index contributed by atoms with van der Waals surface area (Å²) in [6, 6.07) is 4.12. The highest BCUT2D eigenvalue weighted by atomic mass is 16.7. The molecule has 0 amide bonds. The summed E-state index contributed by atoms with van der Waals surface area (Å²) in [7, 11) is 0. The van der Waals surface area contributed by atoms with Crippen LogP contribution in [0.2, 0.25) is 0 Å². The van der Waals surface area contributed by atoms with E-state index in [1.54, 1.807) is 0 Å². The minimum absolute atomic E-state index is 0.0446. The topological polar surface area (TPSA) is 137 Å². The Labute approximate surface area is 126 Å². The average Bonchev–Trinajstić information content (AvgIpc) is 2.47. The highest BCUT2D eigenvalue weighted by Gasteiger charge is 2.45. The Morgan fingerprint density at radius 3 is 2.50 bits per heavy atom. The summed E-state index contributed by atoms with van der Waals surface area (Å²) in [5, 5.41) is 48.1. The normalized spacial score (nSPS) is 31.8. The molecule has 0 aliphatic carbocycles. The molecule has 1 aliphatic rings. The van der Waals surface area contributed by atoms with Crippen LogP contribution in [0.5, 0.6) is 11.5 Å². The van der Waals surface area contributed by atoms with Gasteiger partial charge in [-0.15, -0.1) is 0 Å². The summed E-state index contributed by atoms with van der Waals surface area (Å²) in [5.74, 6) is -0.802. The molecular formula is C14H18O8. The lowest BCUT2D eigenvalue weighted by Crippen LogP contribution is -2.60. The van der Waals surface area contributed by atoms with Gasteiger partial charge in [-0.25, -0.2) is 0 Å². The number of Topliss-reactive ketones (excluding diaryl/α,β-unsaturated/α-hetero) is 1. The van der Waals surface area contributed by atoms with E-state index in [0.717, 1.165) is 0 Å². The van der Waals surface area contributed by atoms with Crippen molar-refractivity contribution >= 4 is 5.78 Å². The molecule has 1 fully saturated rings. The van der Waals surface area contributed by atoms with Crippen LogP contribution in [-0.4, -0.2) is 68.6 Å². The number of hydrogen-bond donors (Lipinski definition) is 5. The molecular weight excluding hydrogens is 296 g/mol. The second-order valence-corrected chi connectivity index (χ2v) is 5.02. The van der Waals surface area contributed by atoms with Gasteiger partial charge < -0.3 is 35.0 Å². The van der Waals surface area contributed by atoms with Crippen LogP contribution in [0.4, 0.5) is 0 Å². The molecule has 1 saturated heterocycles. The van der Waals surface area contributed by atoms with Crippen molar-refractivity contribution in [1.29, 1.82) is 0 Å². The van der Waals surface area contributed by atoms with Crippen LogP contribution in [0.1, 0.15) is 17.3 Å². The Morgan fingerprint density at radius 2 is 1.91 bits per heavy atom. The lowest BCUT2D eigenvalue weighted by molar-refractivity contribution is -0.277. The van der Waals surface area contributed by atoms with Crippen molar-refractivity contribution in [3.8, 4) is 11.5 Å². The third-order valence-electron chi connectivity index (χ3n) is 3.45. The maximum Gasteiger partial charge on any atom is 0.229 e. The quantitative estimate of drug-likeness (QED) is 0.436. The Balaban J connectivity index is 2.27. The zero-order chi connectivity index (χ0) is 16.4. The van der Waals surface area contributed by atoms with Crippen molar-refractivity contribution in [2.45, 2.75) is 37.6 Å². The van der Waals surface area contributed by atoms with Gasteiger partial charge in [0.2, 0.25) is 6.29 Å². The fourth-order valence-corrected chi connectivity index (χ4v) is 2.26. The van der Waals surface area contributed by atoms with Crippen LogP contribution in [0.15, 0.2) is 18.2 Å². The fraction of sp³-hybridized carbons (Fsp3) is 0.500. The molecule has 1 aromatic carbocycles. The highest BCUT2D eigenvalue weighted by Crippen LogP contribution is 2.31. The summed E-state index contributed by atoms with van der Waals surface area (Å²) in [6.07, 6.45) is -7.23. The first-order valence-electron chi connectivity index (χ1n) is 6.67. The molecule has 0 unspecified atom stereocenters. The van der Waals surface area contributed by atoms with E-state index in [1.807, 2.05) is 0 Å². The van der Waals surface area contributed by atoms with E-state index in [2.05, 4.69) is 0 Å². The van der Waals surface area contributed by atoms with E-state index in [0.29, 0.717) is 0 Å². The van der Waals surface area contributed by atoms with Gasteiger partial charge in [0, 0.05) is 0 Å². The monoisotopic (exact) mass is 314 g/mol. The molecule has 8 heteroatoms. The van der Waals surface area contributed by atoms with Crippen molar-refractivity contribution in [2.75, 3.05) is 6.61 Å². The third-order valence-corrected chi connectivity index (χ3v) is 3.45. The number of carbonyl (C=O) groups excluding carboxylic acids is 1. The summed E-state index contributed by atoms with van der Waals surface area (Å²) < 4.78 is 10.5. The van der Waals surface area contributed by atoms with Gasteiger partial charge in [-0.1, -0.05) is 6.07 Å². The Kier molecular flexibility index (Phi) is 4.99. The SMILES string of the molecule is CC(=O)c1c(O)cccc1O[C@H]1O[C@H](CO)[C@H](O)[C@H](O)[C@@H]1O. The molecule has 2 rings (SSSR count). The lowest BCUT2D eigenvalue weighted by atomic mass is 9.99. The Hall–Kier alpha value is -1.71. The molecule has 122 valence electrons. The molecule has 0 bridgehead atoms. The molecule has 0 saturated carbocycles. The number of rotatable bonds is 4. The number of aliphatic hydroxyl groups is 4. The number of ether oxygens (including phenoxy) is 2. The van der Waals surface area contributed by atoms with E-state index in [1.165, 1.54) is 25.1 Å². The van der Waals surface area contributed by atoms with Crippen molar-refractivity contribution in [2.24, 2.45) is 0 Å². The van der Waals surface area contributed by atoms with Gasteiger partial charge in [-0.2, -0.15) is 0 Å². The molecule has 1 aliphatic heterocycles. The molecule has 1 heterocycles. The van der Waals surface area contributed by atoms with Gasteiger partial charge in [-0.3, -0.25) is 4.79 Å². The number of aromatic hydroxyl groups is 1. The van der Waals surface area contributed by atoms with E-state index in [-0.39, 0.29) is 17.1 Å². The fourth-order valence-electron chi connectivity index (χ4n) is 2.26. The molecule has 5 N–H and O–H groups in total. The van der Waals surface area contributed by atoms with Crippen LogP contribution in [-0.2, 0) is 4.74 Å². The number of aliphatic hydroxyl groups excluding tert-OH is 4. The largest absolute Gasteiger partial charge is 0.507 e. The van der Waals surface area contributed by atoms with Gasteiger partial charge in [0.1, 0.15) is 41.5 Å². The van der Waals surface area contributed by atoms with Crippen LogP contribution >= 0.6 is 0 Å². The maximum absolute atomic E-state index is 11.6. The lowest BCUT2D eigenvalue weighted by Gasteiger charge is -2.39. The molecule has 8 nitrogen and oxygen atoms in total. The first kappa shape index (κ1) is 16.7. The average molecular weight is 314 g/mol. The Bertz CT molecular complexity index is 544. The second-order valence-electron chi connectivity index (χ2n) is 5.02. The van der Waals surface area contributed by atoms with Crippen molar-refractivity contribution in [3.05, 3.63) is 23.8 Å². The van der Waals surface area contributed by atoms with E-state index >= 15 is 0 Å². The van der Waals surface area contributed by atoms with E-state index in [4.69, 9.17) is 14.6 Å². The van der Waals surface area contributed by atoms with Gasteiger partial charge in [-0.05, 0) is 19.1 Å². The molecule has 1 aromatic rings. The summed E-state index contributed by atoms with van der Waals surface area (Å²) in [4.78, 5) is 11.6. The number of benzene rings is 1. The standard InChI is InChI=1S/C14H18O8/c1-6(16)10-7(17)3-2-4-8(10)21-14-13(20)12(19)11(18)9(5-15)22-14/h2-4,9,11-15,17-20H,5H2,1H3/t9-,11+,12+,13+,14+/m1/s1. The number of ketones is 1. The van der Waals surface area contributed by atoms with Gasteiger partial charge in [0.05, 0.1) is 6.61 Å². The van der Waals surface area contributed by atoms with Crippen LogP contribution in [0.25, 0.3) is 0 Å². The van der Waals surface area contributed by atoms with E-state index in [9.17, 15) is 25.2 Å². The number of phenols is 1. The molecule has 0 radical (unpaired) electrons. The number of carbonyl (C=O) groups is 1. The van der Waals surface area contributed by atoms with Crippen LogP contribution in [0, 0.1) is 0 Å². The van der Waals surface area contributed by atoms with Gasteiger partial charge >= 0.3 is 0 Å². The first-order valence-corrected chi connectivity index (χ1v) is 6.67. The number of phenolic OH excluding ortho intramolecular Hbond substituents is 1. The Morgan fingerprint density at radius 1 is 1.23 bits per heavy atom. The van der Waals surface area contributed by atoms with Crippen LogP contribution < -0.4 is 4.74 Å². The zero-order valence-corrected chi connectivity index (χ0v) is 11.8. The second kappa shape index (κ2) is 6.59. The molecule has 5 atom stereocenters. The molecule has 22 heavy (non-hydrogen) atoms. The van der Waals surface area contributed by atoms with Crippen molar-refractivity contribution < 1.29 is 39.8 Å². The van der Waals surface area contributed by atoms with Gasteiger partial charge in [0.15, 0.2) is 5.78 Å². The van der Waals surface area contributed by atoms with Crippen molar-refractivity contribution in [1.82, 2.24) is 0 Å². The predicted octanol–water partition coefficient (Wildman–Crippen LogP) is -1.23. The minimum Gasteiger partial charge on any atom is -0.507 e. The summed E-state index contributed by atoms with van der Waals surface area (Å²) in [6.45, 7) is 0.639. The van der Waals surface area contributed by atoms with E-state index < -0.39 is 43.1 Å². The maximum atomic E-state index is 11.6.